The Hall–Kier alpha value is -0.410. The van der Waals surface area contributed by atoms with E-state index in [2.05, 4.69) is 24.6 Å². The van der Waals surface area contributed by atoms with Crippen molar-refractivity contribution in [3.8, 4) is 0 Å². The van der Waals surface area contributed by atoms with Gasteiger partial charge in [0.15, 0.2) is 0 Å². The fourth-order valence-corrected chi connectivity index (χ4v) is 2.13. The molecule has 1 aromatic rings. The van der Waals surface area contributed by atoms with Gasteiger partial charge >= 0.3 is 0 Å². The van der Waals surface area contributed by atoms with Crippen LogP contribution in [0.15, 0.2) is 10.5 Å². The van der Waals surface area contributed by atoms with E-state index in [4.69, 9.17) is 4.42 Å². The number of hydrogen-bond donors (Lipinski definition) is 1. The van der Waals surface area contributed by atoms with Crippen LogP contribution >= 0.6 is 11.8 Å². The van der Waals surface area contributed by atoms with E-state index in [-0.39, 0.29) is 0 Å². The highest BCUT2D eigenvalue weighted by molar-refractivity contribution is 7.98. The molecule has 1 unspecified atom stereocenters. The Kier molecular flexibility index (Phi) is 5.26. The quantitative estimate of drug-likeness (QED) is 0.808. The molecule has 0 aliphatic rings. The molecule has 3 heteroatoms. The first-order valence-corrected chi connectivity index (χ1v) is 6.81. The summed E-state index contributed by atoms with van der Waals surface area (Å²) in [5.41, 5.74) is 1.28. The summed E-state index contributed by atoms with van der Waals surface area (Å²) in [7, 11) is 0. The number of hydrogen-bond acceptors (Lipinski definition) is 3. The molecule has 0 saturated carbocycles. The summed E-state index contributed by atoms with van der Waals surface area (Å²) in [5, 5.41) is 3.51. The monoisotopic (exact) mass is 227 g/mol. The van der Waals surface area contributed by atoms with Gasteiger partial charge in [0.05, 0.1) is 0 Å². The average Bonchev–Trinajstić information content (AvgIpc) is 2.51. The van der Waals surface area contributed by atoms with Crippen molar-refractivity contribution in [2.75, 3.05) is 12.0 Å². The summed E-state index contributed by atoms with van der Waals surface area (Å²) >= 11 is 1.90. The summed E-state index contributed by atoms with van der Waals surface area (Å²) < 4.78 is 5.48. The normalized spacial score (nSPS) is 13.1. The number of nitrogens with one attached hydrogen (secondary N) is 1. The highest BCUT2D eigenvalue weighted by atomic mass is 32.2. The number of rotatable bonds is 6. The van der Waals surface area contributed by atoms with Gasteiger partial charge in [-0.15, -0.1) is 0 Å². The minimum atomic E-state index is 0.576. The standard InChI is InChI=1S/C12H21NOS/c1-9(5-6-15-4)13-8-12-7-10(2)14-11(12)3/h7,9,13H,5-6,8H2,1-4H3. The Labute approximate surface area is 96.8 Å². The van der Waals surface area contributed by atoms with Gasteiger partial charge < -0.3 is 9.73 Å². The fraction of sp³-hybridized carbons (Fsp3) is 0.667. The Morgan fingerprint density at radius 3 is 2.73 bits per heavy atom. The molecule has 0 aliphatic heterocycles. The Morgan fingerprint density at radius 2 is 2.20 bits per heavy atom. The molecule has 1 heterocycles. The van der Waals surface area contributed by atoms with E-state index in [1.807, 2.05) is 25.6 Å². The van der Waals surface area contributed by atoms with E-state index in [0.717, 1.165) is 18.1 Å². The molecule has 86 valence electrons. The first kappa shape index (κ1) is 12.7. The zero-order valence-electron chi connectivity index (χ0n) is 10.1. The lowest BCUT2D eigenvalue weighted by Gasteiger charge is -2.12. The minimum absolute atomic E-state index is 0.576. The van der Waals surface area contributed by atoms with Gasteiger partial charge in [-0.25, -0.2) is 0 Å². The third-order valence-corrected chi connectivity index (χ3v) is 3.18. The molecule has 1 rings (SSSR count). The van der Waals surface area contributed by atoms with Crippen molar-refractivity contribution in [3.63, 3.8) is 0 Å². The van der Waals surface area contributed by atoms with Crippen LogP contribution in [0.3, 0.4) is 0 Å². The Balaban J connectivity index is 2.33. The van der Waals surface area contributed by atoms with Gasteiger partial charge in [0.2, 0.25) is 0 Å². The molecule has 1 N–H and O–H groups in total. The van der Waals surface area contributed by atoms with Crippen LogP contribution in [0, 0.1) is 13.8 Å². The van der Waals surface area contributed by atoms with Crippen molar-refractivity contribution in [1.29, 1.82) is 0 Å². The Bertz CT molecular complexity index is 296. The summed E-state index contributed by atoms with van der Waals surface area (Å²) in [6, 6.07) is 2.69. The summed E-state index contributed by atoms with van der Waals surface area (Å²) in [4.78, 5) is 0. The van der Waals surface area contributed by atoms with E-state index >= 15 is 0 Å². The molecular weight excluding hydrogens is 206 g/mol. The van der Waals surface area contributed by atoms with Crippen molar-refractivity contribution in [2.45, 2.75) is 39.8 Å². The zero-order valence-corrected chi connectivity index (χ0v) is 10.9. The zero-order chi connectivity index (χ0) is 11.3. The first-order chi connectivity index (χ1) is 7.13. The maximum absolute atomic E-state index is 5.48. The Morgan fingerprint density at radius 1 is 1.47 bits per heavy atom. The maximum Gasteiger partial charge on any atom is 0.105 e. The lowest BCUT2D eigenvalue weighted by atomic mass is 10.2. The van der Waals surface area contributed by atoms with E-state index in [1.165, 1.54) is 17.7 Å². The van der Waals surface area contributed by atoms with Crippen LogP contribution in [0.5, 0.6) is 0 Å². The molecule has 0 fully saturated rings. The molecule has 0 amide bonds. The molecule has 0 aliphatic carbocycles. The average molecular weight is 227 g/mol. The topological polar surface area (TPSA) is 25.2 Å². The number of aryl methyl sites for hydroxylation is 2. The van der Waals surface area contributed by atoms with Crippen molar-refractivity contribution < 1.29 is 4.42 Å². The lowest BCUT2D eigenvalue weighted by Crippen LogP contribution is -2.26. The van der Waals surface area contributed by atoms with Crippen molar-refractivity contribution in [3.05, 3.63) is 23.2 Å². The van der Waals surface area contributed by atoms with Gasteiger partial charge in [0, 0.05) is 18.2 Å². The second-order valence-corrected chi connectivity index (χ2v) is 4.99. The smallest absolute Gasteiger partial charge is 0.105 e. The van der Waals surface area contributed by atoms with Crippen LogP contribution in [0.25, 0.3) is 0 Å². The van der Waals surface area contributed by atoms with Gasteiger partial charge in [-0.3, -0.25) is 0 Å². The molecule has 0 spiro atoms. The molecule has 1 aromatic heterocycles. The molecule has 1 atom stereocenters. The molecular formula is C12H21NOS. The fourth-order valence-electron chi connectivity index (χ4n) is 1.54. The van der Waals surface area contributed by atoms with Crippen molar-refractivity contribution >= 4 is 11.8 Å². The number of thioether (sulfide) groups is 1. The molecule has 2 nitrogen and oxygen atoms in total. The summed E-state index contributed by atoms with van der Waals surface area (Å²) in [5.74, 6) is 3.26. The van der Waals surface area contributed by atoms with E-state index in [9.17, 15) is 0 Å². The van der Waals surface area contributed by atoms with Crippen LogP contribution < -0.4 is 5.32 Å². The van der Waals surface area contributed by atoms with E-state index in [0.29, 0.717) is 6.04 Å². The largest absolute Gasteiger partial charge is 0.466 e. The SMILES string of the molecule is CSCCC(C)NCc1cc(C)oc1C. The maximum atomic E-state index is 5.48. The second-order valence-electron chi connectivity index (χ2n) is 4.00. The van der Waals surface area contributed by atoms with E-state index < -0.39 is 0 Å². The van der Waals surface area contributed by atoms with Gasteiger partial charge in [-0.2, -0.15) is 11.8 Å². The van der Waals surface area contributed by atoms with Gasteiger partial charge in [0.1, 0.15) is 11.5 Å². The highest BCUT2D eigenvalue weighted by Gasteiger charge is 2.06. The summed E-state index contributed by atoms with van der Waals surface area (Å²) in [6.45, 7) is 7.17. The highest BCUT2D eigenvalue weighted by Crippen LogP contribution is 2.13. The third kappa shape index (κ3) is 4.31. The van der Waals surface area contributed by atoms with Crippen LogP contribution in [0.1, 0.15) is 30.4 Å². The minimum Gasteiger partial charge on any atom is -0.466 e. The van der Waals surface area contributed by atoms with Gasteiger partial charge in [-0.1, -0.05) is 0 Å². The predicted octanol–water partition coefficient (Wildman–Crippen LogP) is 3.13. The van der Waals surface area contributed by atoms with Crippen LogP contribution in [0.2, 0.25) is 0 Å². The van der Waals surface area contributed by atoms with Crippen LogP contribution in [-0.2, 0) is 6.54 Å². The third-order valence-electron chi connectivity index (χ3n) is 2.54. The first-order valence-electron chi connectivity index (χ1n) is 5.41. The van der Waals surface area contributed by atoms with Gasteiger partial charge in [0.25, 0.3) is 0 Å². The molecule has 0 aromatic carbocycles. The molecule has 0 bridgehead atoms. The van der Waals surface area contributed by atoms with Gasteiger partial charge in [-0.05, 0) is 45.3 Å². The van der Waals surface area contributed by atoms with Crippen molar-refractivity contribution in [1.82, 2.24) is 5.32 Å². The van der Waals surface area contributed by atoms with Crippen molar-refractivity contribution in [2.24, 2.45) is 0 Å². The number of furan rings is 1. The lowest BCUT2D eigenvalue weighted by molar-refractivity contribution is 0.492. The molecule has 15 heavy (non-hydrogen) atoms. The molecule has 0 saturated heterocycles. The second kappa shape index (κ2) is 6.23. The van der Waals surface area contributed by atoms with E-state index in [1.54, 1.807) is 0 Å². The predicted molar refractivity (Wildman–Crippen MR) is 67.5 cm³/mol. The van der Waals surface area contributed by atoms with Crippen LogP contribution in [-0.4, -0.2) is 18.1 Å². The summed E-state index contributed by atoms with van der Waals surface area (Å²) in [6.07, 6.45) is 3.37. The molecule has 0 radical (unpaired) electrons. The van der Waals surface area contributed by atoms with Crippen LogP contribution in [0.4, 0.5) is 0 Å².